The summed E-state index contributed by atoms with van der Waals surface area (Å²) in [6, 6.07) is 70.6. The smallest absolute Gasteiger partial charge is 0.136 e. The number of fused-ring (bicyclic) bond motifs is 6. The van der Waals surface area contributed by atoms with Gasteiger partial charge in [-0.05, 0) is 133 Å². The van der Waals surface area contributed by atoms with Gasteiger partial charge < -0.3 is 9.32 Å². The van der Waals surface area contributed by atoms with Gasteiger partial charge in [-0.1, -0.05) is 170 Å². The molecule has 2 heteroatoms. The Morgan fingerprint density at radius 3 is 1.94 bits per heavy atom. The van der Waals surface area contributed by atoms with Crippen LogP contribution in [0.2, 0.25) is 0 Å². The number of nitrogens with zero attached hydrogens (tertiary/aromatic N) is 1. The Bertz CT molecular complexity index is 3480. The summed E-state index contributed by atoms with van der Waals surface area (Å²) in [5, 5.41) is 7.14. The van der Waals surface area contributed by atoms with E-state index in [1.807, 2.05) is 0 Å². The molecule has 292 valence electrons. The van der Waals surface area contributed by atoms with E-state index < -0.39 is 0 Å². The molecule has 2 aliphatic carbocycles. The molecule has 0 bridgehead atoms. The molecule has 0 fully saturated rings. The molecule has 10 aromatic rings. The number of allylic oxidation sites excluding steroid dienone is 8. The van der Waals surface area contributed by atoms with Gasteiger partial charge in [-0.15, -0.1) is 0 Å². The first-order chi connectivity index (χ1) is 30.7. The Morgan fingerprint density at radius 2 is 1.08 bits per heavy atom. The fraction of sp³-hybridized carbons (Fsp3) is 0.0333. The number of anilines is 3. The van der Waals surface area contributed by atoms with Crippen molar-refractivity contribution in [3.63, 3.8) is 0 Å². The molecule has 2 aliphatic rings. The van der Waals surface area contributed by atoms with Crippen molar-refractivity contribution < 1.29 is 4.42 Å². The zero-order valence-corrected chi connectivity index (χ0v) is 34.1. The molecular weight excluding hydrogens is 751 g/mol. The van der Waals surface area contributed by atoms with E-state index >= 15 is 0 Å². The Hall–Kier alpha value is -7.94. The number of para-hydroxylation sites is 1. The Kier molecular flexibility index (Phi) is 8.67. The fourth-order valence-electron chi connectivity index (χ4n) is 9.58. The van der Waals surface area contributed by atoms with Crippen molar-refractivity contribution in [1.82, 2.24) is 0 Å². The molecular formula is C60H41NO. The quantitative estimate of drug-likeness (QED) is 0.160. The van der Waals surface area contributed by atoms with E-state index in [-0.39, 0.29) is 0 Å². The second-order valence-electron chi connectivity index (χ2n) is 16.5. The summed E-state index contributed by atoms with van der Waals surface area (Å²) in [5.74, 6) is 0.470. The fourth-order valence-corrected chi connectivity index (χ4v) is 9.58. The van der Waals surface area contributed by atoms with Crippen LogP contribution < -0.4 is 4.90 Å². The van der Waals surface area contributed by atoms with Crippen LogP contribution >= 0.6 is 0 Å². The second kappa shape index (κ2) is 15.0. The normalized spacial score (nSPS) is 14.6. The lowest BCUT2D eigenvalue weighted by Crippen LogP contribution is -2.11. The van der Waals surface area contributed by atoms with Crippen LogP contribution in [-0.4, -0.2) is 0 Å². The summed E-state index contributed by atoms with van der Waals surface area (Å²) in [6.07, 6.45) is 14.6. The number of hydrogen-bond donors (Lipinski definition) is 0. The highest BCUT2D eigenvalue weighted by Crippen LogP contribution is 2.44. The molecule has 0 saturated carbocycles. The van der Waals surface area contributed by atoms with Crippen LogP contribution in [0.15, 0.2) is 241 Å². The second-order valence-corrected chi connectivity index (χ2v) is 16.5. The summed E-state index contributed by atoms with van der Waals surface area (Å²) < 4.78 is 6.43. The summed E-state index contributed by atoms with van der Waals surface area (Å²) >= 11 is 0. The maximum atomic E-state index is 6.43. The van der Waals surface area contributed by atoms with Crippen molar-refractivity contribution in [2.45, 2.75) is 6.42 Å². The van der Waals surface area contributed by atoms with Gasteiger partial charge in [-0.3, -0.25) is 0 Å². The minimum absolute atomic E-state index is 0.470. The van der Waals surface area contributed by atoms with Gasteiger partial charge in [0.25, 0.3) is 0 Å². The molecule has 1 atom stereocenters. The van der Waals surface area contributed by atoms with Crippen molar-refractivity contribution in [2.75, 3.05) is 4.90 Å². The SMILES string of the molecule is C1=CC2=CC(c3ccc(N(c4ccc(-c5cccc(-c6cccc7ccccc67)c5)cc4)c4ccccc4-c4ccc5oc6cc7ccccc7cc6c5c4)cc3)=CCC2C=C1. The molecule has 12 rings (SSSR count). The van der Waals surface area contributed by atoms with E-state index in [1.165, 1.54) is 60.5 Å². The number of furan rings is 1. The predicted octanol–water partition coefficient (Wildman–Crippen LogP) is 16.8. The van der Waals surface area contributed by atoms with Gasteiger partial charge in [0.05, 0.1) is 5.69 Å². The maximum absolute atomic E-state index is 6.43. The predicted molar refractivity (Wildman–Crippen MR) is 262 cm³/mol. The van der Waals surface area contributed by atoms with Gasteiger partial charge in [0.15, 0.2) is 0 Å². The van der Waals surface area contributed by atoms with E-state index in [0.29, 0.717) is 5.92 Å². The van der Waals surface area contributed by atoms with Crippen LogP contribution in [-0.2, 0) is 0 Å². The average molecular weight is 792 g/mol. The minimum atomic E-state index is 0.470. The van der Waals surface area contributed by atoms with Crippen molar-refractivity contribution >= 4 is 66.1 Å². The molecule has 0 N–H and O–H groups in total. The lowest BCUT2D eigenvalue weighted by Gasteiger charge is -2.28. The number of rotatable bonds is 7. The molecule has 0 amide bonds. The molecule has 62 heavy (non-hydrogen) atoms. The van der Waals surface area contributed by atoms with E-state index in [2.05, 4.69) is 235 Å². The van der Waals surface area contributed by atoms with Gasteiger partial charge >= 0.3 is 0 Å². The van der Waals surface area contributed by atoms with Crippen LogP contribution in [0.25, 0.3) is 82.4 Å². The van der Waals surface area contributed by atoms with E-state index in [9.17, 15) is 0 Å². The monoisotopic (exact) mass is 791 g/mol. The maximum Gasteiger partial charge on any atom is 0.136 e. The first-order valence-electron chi connectivity index (χ1n) is 21.5. The highest BCUT2D eigenvalue weighted by Gasteiger charge is 2.20. The van der Waals surface area contributed by atoms with Gasteiger partial charge in [-0.2, -0.15) is 0 Å². The number of hydrogen-bond acceptors (Lipinski definition) is 2. The Balaban J connectivity index is 0.957. The minimum Gasteiger partial charge on any atom is -0.456 e. The standard InChI is InChI=1S/C60H41NO/c1-2-13-44-35-48(24-23-40(44)11-1)42-27-32-52(33-28-42)61(51-30-25-41(26-31-51)45-17-9-18-49(36-45)54-21-10-16-43-12-5-6-19-53(43)54)58-22-8-7-20-55(58)50-29-34-59-56(38-50)57-37-46-14-3-4-15-47(46)39-60(57)62-59/h1-22,24-40H,23H2. The molecule has 1 heterocycles. The van der Waals surface area contributed by atoms with Gasteiger partial charge in [0.2, 0.25) is 0 Å². The van der Waals surface area contributed by atoms with Gasteiger partial charge in [0.1, 0.15) is 11.2 Å². The molecule has 2 nitrogen and oxygen atoms in total. The van der Waals surface area contributed by atoms with E-state index in [1.54, 1.807) is 0 Å². The summed E-state index contributed by atoms with van der Waals surface area (Å²) in [5.41, 5.74) is 16.0. The Labute approximate surface area is 361 Å². The lowest BCUT2D eigenvalue weighted by molar-refractivity contribution is 0.669. The number of benzene rings is 9. The van der Waals surface area contributed by atoms with Crippen LogP contribution in [0.5, 0.6) is 0 Å². The largest absolute Gasteiger partial charge is 0.456 e. The van der Waals surface area contributed by atoms with Gasteiger partial charge in [-0.25, -0.2) is 0 Å². The van der Waals surface area contributed by atoms with E-state index in [0.717, 1.165) is 56.5 Å². The van der Waals surface area contributed by atoms with Crippen molar-refractivity contribution in [3.8, 4) is 33.4 Å². The highest BCUT2D eigenvalue weighted by atomic mass is 16.3. The third-order valence-electron chi connectivity index (χ3n) is 12.8. The third kappa shape index (κ3) is 6.36. The molecule has 1 aromatic heterocycles. The first-order valence-corrected chi connectivity index (χ1v) is 21.5. The zero-order chi connectivity index (χ0) is 41.0. The van der Waals surface area contributed by atoms with Crippen LogP contribution in [0.4, 0.5) is 17.1 Å². The summed E-state index contributed by atoms with van der Waals surface area (Å²) in [4.78, 5) is 2.40. The molecule has 9 aromatic carbocycles. The third-order valence-corrected chi connectivity index (χ3v) is 12.8. The zero-order valence-electron chi connectivity index (χ0n) is 34.1. The molecule has 0 spiro atoms. The first kappa shape index (κ1) is 36.0. The van der Waals surface area contributed by atoms with Crippen molar-refractivity contribution in [2.24, 2.45) is 5.92 Å². The van der Waals surface area contributed by atoms with Crippen LogP contribution in [0.1, 0.15) is 12.0 Å². The lowest BCUT2D eigenvalue weighted by atomic mass is 9.84. The van der Waals surface area contributed by atoms with Crippen LogP contribution in [0, 0.1) is 5.92 Å². The topological polar surface area (TPSA) is 16.4 Å². The average Bonchev–Trinajstić information content (AvgIpc) is 3.70. The Morgan fingerprint density at radius 1 is 0.435 bits per heavy atom. The van der Waals surface area contributed by atoms with Gasteiger partial charge in [0, 0.05) is 33.6 Å². The van der Waals surface area contributed by atoms with Crippen molar-refractivity contribution in [3.05, 3.63) is 242 Å². The summed E-state index contributed by atoms with van der Waals surface area (Å²) in [7, 11) is 0. The van der Waals surface area contributed by atoms with Crippen molar-refractivity contribution in [1.29, 1.82) is 0 Å². The molecule has 0 radical (unpaired) electrons. The highest BCUT2D eigenvalue weighted by molar-refractivity contribution is 6.11. The summed E-state index contributed by atoms with van der Waals surface area (Å²) in [6.45, 7) is 0. The van der Waals surface area contributed by atoms with Crippen LogP contribution in [0.3, 0.4) is 0 Å². The molecule has 0 aliphatic heterocycles. The van der Waals surface area contributed by atoms with E-state index in [4.69, 9.17) is 4.42 Å². The molecule has 1 unspecified atom stereocenters. The molecule has 0 saturated heterocycles.